The molecule has 8 heteroatoms. The Bertz CT molecular complexity index is 3060. The number of fused-ring (bicyclic) bond motifs is 8. The molecule has 7 aromatic rings. The Kier molecular flexibility index (Phi) is 12.6. The lowest BCUT2D eigenvalue weighted by molar-refractivity contribution is -0.113. The maximum absolute atomic E-state index is 11.8. The molecule has 3 aromatic heterocycles. The molecule has 0 unspecified atom stereocenters. The largest absolute Gasteiger partial charge is 0.354 e. The lowest BCUT2D eigenvalue weighted by Gasteiger charge is -2.08. The smallest absolute Gasteiger partial charge is 0.152 e. The predicted molar refractivity (Wildman–Crippen MR) is 279 cm³/mol. The molecule has 2 aliphatic rings. The number of benzene rings is 4. The standard InChI is InChI=1S/C60H46N4O4/c1-37(65)5-9-41-13-21-45(22-14-41)57-49-29-31-51(61-49)58(46-23-15-42(16-24-46)10-6-38(2)66)53-33-35-55(63-53)60(48-27-19-44(20-28-48)12-8-40(4)68)56-36-34-54(64-56)59(52-32-30-50(57)62-52)47-25-17-43(18-26-47)11-7-39(3)67/h5-36,61,64H,1-4H3/b9-5+,10-6+,11-7+,12-8+,57-49?,57-50?,58-51?,58-53?,59-52?,59-54?,60-55?,60-56?. The molecule has 8 nitrogen and oxygen atoms in total. The van der Waals surface area contributed by atoms with Crippen LogP contribution < -0.4 is 0 Å². The number of carbonyl (C=O) groups is 4. The van der Waals surface area contributed by atoms with E-state index in [1.54, 1.807) is 24.3 Å². The third-order valence-corrected chi connectivity index (χ3v) is 11.6. The molecule has 0 spiro atoms. The van der Waals surface area contributed by atoms with Gasteiger partial charge in [-0.3, -0.25) is 19.2 Å². The van der Waals surface area contributed by atoms with Crippen LogP contribution in [0, 0.1) is 0 Å². The molecule has 2 N–H and O–H groups in total. The van der Waals surface area contributed by atoms with Crippen LogP contribution in [0.5, 0.6) is 0 Å². The van der Waals surface area contributed by atoms with Crippen LogP contribution in [0.1, 0.15) is 72.7 Å². The van der Waals surface area contributed by atoms with E-state index in [1.165, 1.54) is 27.7 Å². The highest BCUT2D eigenvalue weighted by Crippen LogP contribution is 2.39. The SMILES string of the molecule is CC(=O)/C=C/c1ccc(-c2c3nc(c(-c4ccc(/C=C/C(C)=O)cc4)c4ccc([nH]4)c(-c4ccc(/C=C/C(C)=O)cc4)c4nc(c(-c5ccc(/C=C/C(C)=O)cc5)c5ccc2[nH]5)C=C4)C=C3)cc1. The summed E-state index contributed by atoms with van der Waals surface area (Å²) in [6.07, 6.45) is 21.7. The van der Waals surface area contributed by atoms with Gasteiger partial charge in [0, 0.05) is 44.3 Å². The summed E-state index contributed by atoms with van der Waals surface area (Å²) >= 11 is 0. The highest BCUT2D eigenvalue weighted by atomic mass is 16.1. The molecule has 2 aliphatic heterocycles. The van der Waals surface area contributed by atoms with Gasteiger partial charge in [-0.2, -0.15) is 0 Å². The van der Waals surface area contributed by atoms with Crippen LogP contribution in [0.3, 0.4) is 0 Å². The first-order valence-corrected chi connectivity index (χ1v) is 22.3. The van der Waals surface area contributed by atoms with Gasteiger partial charge in [0.25, 0.3) is 0 Å². The van der Waals surface area contributed by atoms with Crippen molar-refractivity contribution in [3.05, 3.63) is 191 Å². The van der Waals surface area contributed by atoms with E-state index < -0.39 is 0 Å². The number of hydrogen-bond acceptors (Lipinski definition) is 6. The minimum Gasteiger partial charge on any atom is -0.354 e. The van der Waals surface area contributed by atoms with Gasteiger partial charge in [-0.15, -0.1) is 0 Å². The van der Waals surface area contributed by atoms with Gasteiger partial charge in [0.1, 0.15) is 0 Å². The second-order valence-corrected chi connectivity index (χ2v) is 16.8. The molecule has 0 aliphatic carbocycles. The van der Waals surface area contributed by atoms with Crippen molar-refractivity contribution in [2.45, 2.75) is 27.7 Å². The maximum Gasteiger partial charge on any atom is 0.152 e. The Morgan fingerprint density at radius 3 is 0.721 bits per heavy atom. The van der Waals surface area contributed by atoms with Crippen molar-refractivity contribution in [2.75, 3.05) is 0 Å². The van der Waals surface area contributed by atoms with Gasteiger partial charge < -0.3 is 9.97 Å². The average molecular weight is 887 g/mol. The fourth-order valence-corrected chi connectivity index (χ4v) is 8.32. The normalized spacial score (nSPS) is 12.3. The molecule has 330 valence electrons. The van der Waals surface area contributed by atoms with Gasteiger partial charge in [0.15, 0.2) is 23.1 Å². The molecule has 8 bridgehead atoms. The molecular formula is C60H46N4O4. The molecule has 9 rings (SSSR count). The van der Waals surface area contributed by atoms with Gasteiger partial charge in [-0.25, -0.2) is 9.97 Å². The van der Waals surface area contributed by atoms with Gasteiger partial charge in [-0.1, -0.05) is 121 Å². The predicted octanol–water partition coefficient (Wildman–Crippen LogP) is 13.7. The van der Waals surface area contributed by atoms with Crippen LogP contribution in [0.25, 0.3) is 115 Å². The average Bonchev–Trinajstić information content (AvgIpc) is 4.19. The molecule has 0 radical (unpaired) electrons. The van der Waals surface area contributed by atoms with Crippen LogP contribution in [-0.4, -0.2) is 43.1 Å². The zero-order valence-electron chi connectivity index (χ0n) is 38.0. The number of carbonyl (C=O) groups excluding carboxylic acids is 4. The summed E-state index contributed by atoms with van der Waals surface area (Å²) < 4.78 is 0. The number of H-pyrrole nitrogens is 2. The third-order valence-electron chi connectivity index (χ3n) is 11.6. The topological polar surface area (TPSA) is 126 Å². The molecule has 0 saturated heterocycles. The van der Waals surface area contributed by atoms with E-state index >= 15 is 0 Å². The highest BCUT2D eigenvalue weighted by molar-refractivity contribution is 6.01. The van der Waals surface area contributed by atoms with E-state index in [-0.39, 0.29) is 23.1 Å². The molecule has 0 atom stereocenters. The summed E-state index contributed by atoms with van der Waals surface area (Å²) in [4.78, 5) is 65.6. The zero-order valence-corrected chi connectivity index (χ0v) is 38.0. The van der Waals surface area contributed by atoms with Gasteiger partial charge in [-0.05, 0) is 145 Å². The molecule has 4 aromatic carbocycles. The quantitative estimate of drug-likeness (QED) is 0.118. The van der Waals surface area contributed by atoms with Gasteiger partial charge in [0.05, 0.1) is 22.8 Å². The second kappa shape index (κ2) is 19.3. The second-order valence-electron chi connectivity index (χ2n) is 16.8. The number of aromatic nitrogens is 4. The van der Waals surface area contributed by atoms with Crippen LogP contribution in [0.15, 0.2) is 146 Å². The van der Waals surface area contributed by atoms with Crippen molar-refractivity contribution in [1.29, 1.82) is 0 Å². The van der Waals surface area contributed by atoms with Crippen molar-refractivity contribution in [3.63, 3.8) is 0 Å². The Hall–Kier alpha value is -8.88. The van der Waals surface area contributed by atoms with Crippen molar-refractivity contribution >= 4 is 93.8 Å². The zero-order chi connectivity index (χ0) is 47.3. The number of nitrogens with zero attached hydrogens (tertiary/aromatic N) is 2. The minimum absolute atomic E-state index is 0.0274. The molecular weight excluding hydrogens is 841 g/mol. The van der Waals surface area contributed by atoms with Gasteiger partial charge in [0.2, 0.25) is 0 Å². The summed E-state index contributed by atoms with van der Waals surface area (Å²) in [5.41, 5.74) is 17.2. The Morgan fingerprint density at radius 1 is 0.324 bits per heavy atom. The van der Waals surface area contributed by atoms with Crippen LogP contribution in [0.4, 0.5) is 0 Å². The fourth-order valence-electron chi connectivity index (χ4n) is 8.32. The molecule has 5 heterocycles. The molecule has 0 fully saturated rings. The number of allylic oxidation sites excluding steroid dienone is 4. The first kappa shape index (κ1) is 44.3. The monoisotopic (exact) mass is 886 g/mol. The molecule has 68 heavy (non-hydrogen) atoms. The van der Waals surface area contributed by atoms with Crippen LogP contribution in [0.2, 0.25) is 0 Å². The Balaban J connectivity index is 1.37. The Morgan fingerprint density at radius 2 is 0.529 bits per heavy atom. The molecule has 0 amide bonds. The van der Waals surface area contributed by atoms with E-state index in [4.69, 9.17) is 9.97 Å². The maximum atomic E-state index is 11.8. The van der Waals surface area contributed by atoms with Gasteiger partial charge >= 0.3 is 0 Å². The van der Waals surface area contributed by atoms with Crippen molar-refractivity contribution in [1.82, 2.24) is 19.9 Å². The van der Waals surface area contributed by atoms with E-state index in [0.717, 1.165) is 112 Å². The summed E-state index contributed by atoms with van der Waals surface area (Å²) in [5, 5.41) is 0. The van der Waals surface area contributed by atoms with Crippen molar-refractivity contribution in [2.24, 2.45) is 0 Å². The summed E-state index contributed by atoms with van der Waals surface area (Å²) in [5.74, 6) is -0.110. The molecule has 0 saturated carbocycles. The van der Waals surface area contributed by atoms with Crippen molar-refractivity contribution in [3.8, 4) is 44.5 Å². The first-order valence-electron chi connectivity index (χ1n) is 22.3. The van der Waals surface area contributed by atoms with E-state index in [0.29, 0.717) is 0 Å². The summed E-state index contributed by atoms with van der Waals surface area (Å²) in [7, 11) is 0. The lowest BCUT2D eigenvalue weighted by Crippen LogP contribution is -1.90. The third kappa shape index (κ3) is 9.85. The van der Waals surface area contributed by atoms with Crippen molar-refractivity contribution < 1.29 is 19.2 Å². The van der Waals surface area contributed by atoms with Crippen LogP contribution in [-0.2, 0) is 19.2 Å². The fraction of sp³-hybridized carbons (Fsp3) is 0.0667. The minimum atomic E-state index is -0.0274. The number of ketones is 4. The van der Waals surface area contributed by atoms with E-state index in [1.807, 2.05) is 146 Å². The number of hydrogen-bond donors (Lipinski definition) is 2. The Labute approximate surface area is 394 Å². The first-order chi connectivity index (χ1) is 32.9. The van der Waals surface area contributed by atoms with E-state index in [2.05, 4.69) is 34.2 Å². The van der Waals surface area contributed by atoms with E-state index in [9.17, 15) is 19.2 Å². The summed E-state index contributed by atoms with van der Waals surface area (Å²) in [6.45, 7) is 6.13. The van der Waals surface area contributed by atoms with Crippen LogP contribution >= 0.6 is 0 Å². The highest BCUT2D eigenvalue weighted by Gasteiger charge is 2.19. The number of aromatic amines is 2. The number of rotatable bonds is 12. The summed E-state index contributed by atoms with van der Waals surface area (Å²) in [6, 6.07) is 40.6. The lowest BCUT2D eigenvalue weighted by atomic mass is 10.0. The number of nitrogens with one attached hydrogen (secondary N) is 2.